The summed E-state index contributed by atoms with van der Waals surface area (Å²) in [4.78, 5) is 16.7. The highest BCUT2D eigenvalue weighted by molar-refractivity contribution is 5.94. The molecule has 1 aliphatic rings. The maximum absolute atomic E-state index is 12.8. The zero-order valence-electron chi connectivity index (χ0n) is 15.1. The van der Waals surface area contributed by atoms with E-state index in [1.54, 1.807) is 11.9 Å². The normalized spacial score (nSPS) is 22.4. The van der Waals surface area contributed by atoms with Crippen LogP contribution in [0.25, 0.3) is 0 Å². The Morgan fingerprint density at radius 1 is 0.920 bits per heavy atom. The molecular formula is C19H27F3N2O. The van der Waals surface area contributed by atoms with Crippen molar-refractivity contribution in [2.75, 3.05) is 21.1 Å². The second kappa shape index (κ2) is 8.21. The molecule has 0 aliphatic heterocycles. The van der Waals surface area contributed by atoms with E-state index in [4.69, 9.17) is 0 Å². The molecule has 1 aromatic carbocycles. The second-order valence-electron chi connectivity index (χ2n) is 7.08. The molecule has 2 atom stereocenters. The Hall–Kier alpha value is -1.56. The van der Waals surface area contributed by atoms with Gasteiger partial charge < -0.3 is 9.80 Å². The molecule has 1 aromatic rings. The van der Waals surface area contributed by atoms with Crippen LogP contribution in [0.2, 0.25) is 0 Å². The Morgan fingerprint density at radius 3 is 1.92 bits per heavy atom. The fourth-order valence-corrected chi connectivity index (χ4v) is 3.66. The monoisotopic (exact) mass is 356 g/mol. The predicted octanol–water partition coefficient (Wildman–Crippen LogP) is 4.43. The molecule has 1 amide bonds. The third-order valence-corrected chi connectivity index (χ3v) is 5.13. The largest absolute Gasteiger partial charge is 0.416 e. The van der Waals surface area contributed by atoms with Crippen molar-refractivity contribution in [2.24, 2.45) is 0 Å². The van der Waals surface area contributed by atoms with Gasteiger partial charge in [0.1, 0.15) is 0 Å². The molecule has 140 valence electrons. The molecule has 0 aromatic heterocycles. The van der Waals surface area contributed by atoms with Crippen LogP contribution in [0.3, 0.4) is 0 Å². The number of nitrogens with zero attached hydrogens (tertiary/aromatic N) is 2. The summed E-state index contributed by atoms with van der Waals surface area (Å²) >= 11 is 0. The van der Waals surface area contributed by atoms with Crippen molar-refractivity contribution in [3.05, 3.63) is 35.4 Å². The van der Waals surface area contributed by atoms with Gasteiger partial charge in [-0.3, -0.25) is 4.79 Å². The summed E-state index contributed by atoms with van der Waals surface area (Å²) in [6.07, 6.45) is 2.16. The first kappa shape index (κ1) is 19.8. The van der Waals surface area contributed by atoms with E-state index >= 15 is 0 Å². The highest BCUT2D eigenvalue weighted by Crippen LogP contribution is 2.30. The van der Waals surface area contributed by atoms with Gasteiger partial charge >= 0.3 is 6.18 Å². The molecule has 25 heavy (non-hydrogen) atoms. The van der Waals surface area contributed by atoms with Gasteiger partial charge in [0.2, 0.25) is 0 Å². The lowest BCUT2D eigenvalue weighted by atomic mass is 9.90. The average Bonchev–Trinajstić information content (AvgIpc) is 2.52. The van der Waals surface area contributed by atoms with Gasteiger partial charge in [-0.2, -0.15) is 13.2 Å². The van der Waals surface area contributed by atoms with Gasteiger partial charge in [0.25, 0.3) is 5.91 Å². The molecule has 6 heteroatoms. The van der Waals surface area contributed by atoms with Gasteiger partial charge in [-0.15, -0.1) is 0 Å². The van der Waals surface area contributed by atoms with Crippen LogP contribution in [0, 0.1) is 0 Å². The number of benzene rings is 1. The van der Waals surface area contributed by atoms with Gasteiger partial charge in [0.05, 0.1) is 5.56 Å². The topological polar surface area (TPSA) is 23.6 Å². The fourth-order valence-electron chi connectivity index (χ4n) is 3.66. The summed E-state index contributed by atoms with van der Waals surface area (Å²) in [5.74, 6) is -0.217. The zero-order valence-corrected chi connectivity index (χ0v) is 15.1. The van der Waals surface area contributed by atoms with E-state index in [0.717, 1.165) is 37.8 Å². The summed E-state index contributed by atoms with van der Waals surface area (Å²) in [6.45, 7) is 0. The summed E-state index contributed by atoms with van der Waals surface area (Å²) in [5.41, 5.74) is -0.432. The molecule has 1 aliphatic carbocycles. The minimum absolute atomic E-state index is 0.0742. The highest BCUT2D eigenvalue weighted by Gasteiger charge is 2.32. The molecule has 0 N–H and O–H groups in total. The maximum Gasteiger partial charge on any atom is 0.416 e. The summed E-state index contributed by atoms with van der Waals surface area (Å²) in [6, 6.07) is 4.84. The lowest BCUT2D eigenvalue weighted by Gasteiger charge is -2.39. The molecule has 2 unspecified atom stereocenters. The standard InChI is InChI=1S/C19H27F3N2O/c1-23(2)16-8-6-4-5-7-9-17(16)24(3)18(25)14-10-12-15(13-11-14)19(20,21)22/h10-13,16-17H,4-9H2,1-3H3. The van der Waals surface area contributed by atoms with E-state index in [0.29, 0.717) is 5.56 Å². The number of rotatable bonds is 3. The molecule has 2 rings (SSSR count). The first-order valence-corrected chi connectivity index (χ1v) is 8.82. The first-order valence-electron chi connectivity index (χ1n) is 8.82. The molecule has 1 saturated carbocycles. The first-order chi connectivity index (χ1) is 11.7. The number of carbonyl (C=O) groups excluding carboxylic acids is 1. The number of amides is 1. The lowest BCUT2D eigenvalue weighted by Crippen LogP contribution is -2.50. The Balaban J connectivity index is 2.18. The second-order valence-corrected chi connectivity index (χ2v) is 7.08. The third kappa shape index (κ3) is 4.97. The number of likely N-dealkylation sites (N-methyl/N-ethyl adjacent to an activating group) is 2. The van der Waals surface area contributed by atoms with E-state index in [9.17, 15) is 18.0 Å². The maximum atomic E-state index is 12.8. The minimum Gasteiger partial charge on any atom is -0.337 e. The van der Waals surface area contributed by atoms with Crippen LogP contribution in [0.5, 0.6) is 0 Å². The van der Waals surface area contributed by atoms with Gasteiger partial charge in [-0.05, 0) is 51.2 Å². The van der Waals surface area contributed by atoms with Crippen LogP contribution in [0.15, 0.2) is 24.3 Å². The SMILES string of the molecule is CN(C)C1CCCCCCC1N(C)C(=O)c1ccc(C(F)(F)F)cc1. The van der Waals surface area contributed by atoms with Crippen molar-refractivity contribution in [3.8, 4) is 0 Å². The molecule has 0 saturated heterocycles. The number of alkyl halides is 3. The van der Waals surface area contributed by atoms with Gasteiger partial charge in [-0.1, -0.05) is 25.7 Å². The van der Waals surface area contributed by atoms with E-state index in [2.05, 4.69) is 4.90 Å². The van der Waals surface area contributed by atoms with Crippen LogP contribution in [0.1, 0.15) is 54.4 Å². The van der Waals surface area contributed by atoms with Crippen molar-refractivity contribution in [1.29, 1.82) is 0 Å². The van der Waals surface area contributed by atoms with Crippen molar-refractivity contribution >= 4 is 5.91 Å². The fraction of sp³-hybridized carbons (Fsp3) is 0.632. The highest BCUT2D eigenvalue weighted by atomic mass is 19.4. The van der Waals surface area contributed by atoms with Crippen LogP contribution >= 0.6 is 0 Å². The predicted molar refractivity (Wildman–Crippen MR) is 92.5 cm³/mol. The Kier molecular flexibility index (Phi) is 6.49. The lowest BCUT2D eigenvalue weighted by molar-refractivity contribution is -0.137. The van der Waals surface area contributed by atoms with Crippen LogP contribution in [-0.2, 0) is 6.18 Å². The van der Waals surface area contributed by atoms with E-state index in [-0.39, 0.29) is 18.0 Å². The van der Waals surface area contributed by atoms with Crippen molar-refractivity contribution in [1.82, 2.24) is 9.80 Å². The number of hydrogen-bond donors (Lipinski definition) is 0. The van der Waals surface area contributed by atoms with Crippen molar-refractivity contribution in [3.63, 3.8) is 0 Å². The third-order valence-electron chi connectivity index (χ3n) is 5.13. The summed E-state index contributed by atoms with van der Waals surface area (Å²) in [5, 5.41) is 0. The Labute approximate surface area is 147 Å². The van der Waals surface area contributed by atoms with Gasteiger partial charge in [0, 0.05) is 24.7 Å². The molecule has 0 heterocycles. The van der Waals surface area contributed by atoms with Crippen molar-refractivity contribution < 1.29 is 18.0 Å². The summed E-state index contributed by atoms with van der Waals surface area (Å²) < 4.78 is 38.1. The van der Waals surface area contributed by atoms with E-state index in [1.165, 1.54) is 25.0 Å². The number of hydrogen-bond acceptors (Lipinski definition) is 2. The van der Waals surface area contributed by atoms with E-state index in [1.807, 2.05) is 14.1 Å². The quantitative estimate of drug-likeness (QED) is 0.800. The number of halogens is 3. The number of carbonyl (C=O) groups is 1. The van der Waals surface area contributed by atoms with Crippen LogP contribution in [0.4, 0.5) is 13.2 Å². The molecule has 0 bridgehead atoms. The van der Waals surface area contributed by atoms with Crippen LogP contribution < -0.4 is 0 Å². The molecule has 0 radical (unpaired) electrons. The zero-order chi connectivity index (χ0) is 18.6. The molecule has 0 spiro atoms. The van der Waals surface area contributed by atoms with Gasteiger partial charge in [-0.25, -0.2) is 0 Å². The molecule has 1 fully saturated rings. The molecular weight excluding hydrogens is 329 g/mol. The van der Waals surface area contributed by atoms with Crippen LogP contribution in [-0.4, -0.2) is 48.9 Å². The van der Waals surface area contributed by atoms with Crippen molar-refractivity contribution in [2.45, 2.75) is 56.8 Å². The Morgan fingerprint density at radius 2 is 1.44 bits per heavy atom. The Bertz CT molecular complexity index is 569. The minimum atomic E-state index is -4.39. The average molecular weight is 356 g/mol. The van der Waals surface area contributed by atoms with E-state index < -0.39 is 11.7 Å². The smallest absolute Gasteiger partial charge is 0.337 e. The van der Waals surface area contributed by atoms with Gasteiger partial charge in [0.15, 0.2) is 0 Å². The molecule has 3 nitrogen and oxygen atoms in total. The summed E-state index contributed by atoms with van der Waals surface area (Å²) in [7, 11) is 5.81.